The molecule has 0 amide bonds. The summed E-state index contributed by atoms with van der Waals surface area (Å²) in [6.45, 7) is 11.2. The Labute approximate surface area is 163 Å². The fourth-order valence-electron chi connectivity index (χ4n) is 2.70. The first kappa shape index (κ1) is 19.4. The van der Waals surface area contributed by atoms with Crippen LogP contribution in [0.15, 0.2) is 12.1 Å². The van der Waals surface area contributed by atoms with Gasteiger partial charge < -0.3 is 9.26 Å². The van der Waals surface area contributed by atoms with E-state index in [1.807, 2.05) is 0 Å². The standard InChI is InChI=1S/C17H25I2O2P/c1-6-22-10-12(9-17(3,4)5)20-16(21-22)13-7-11(2)8-14(18)15(13)19/h7-8,12,16H,6,9-10H2,1-5H3. The third-order valence-corrected chi connectivity index (χ3v) is 8.71. The molecule has 1 aliphatic heterocycles. The van der Waals surface area contributed by atoms with E-state index in [1.165, 1.54) is 18.3 Å². The van der Waals surface area contributed by atoms with Crippen LogP contribution in [0, 0.1) is 19.5 Å². The van der Waals surface area contributed by atoms with Crippen molar-refractivity contribution in [3.8, 4) is 0 Å². The molecular weight excluding hydrogens is 521 g/mol. The number of hydrogen-bond acceptors (Lipinski definition) is 2. The molecule has 1 aromatic rings. The lowest BCUT2D eigenvalue weighted by Gasteiger charge is -2.38. The van der Waals surface area contributed by atoms with Crippen molar-refractivity contribution >= 4 is 53.3 Å². The Morgan fingerprint density at radius 1 is 1.27 bits per heavy atom. The minimum atomic E-state index is -0.387. The van der Waals surface area contributed by atoms with Crippen LogP contribution in [0.2, 0.25) is 0 Å². The van der Waals surface area contributed by atoms with E-state index in [4.69, 9.17) is 9.26 Å². The van der Waals surface area contributed by atoms with Crippen LogP contribution in [0.5, 0.6) is 0 Å². The van der Waals surface area contributed by atoms with Gasteiger partial charge in [0, 0.05) is 27.0 Å². The molecule has 124 valence electrons. The maximum Gasteiger partial charge on any atom is 0.188 e. The van der Waals surface area contributed by atoms with Crippen LogP contribution in [0.1, 0.15) is 51.5 Å². The molecule has 0 radical (unpaired) electrons. The summed E-state index contributed by atoms with van der Waals surface area (Å²) in [4.78, 5) is 0. The van der Waals surface area contributed by atoms with Crippen LogP contribution in [-0.2, 0) is 9.26 Å². The van der Waals surface area contributed by atoms with Crippen LogP contribution in [0.3, 0.4) is 0 Å². The van der Waals surface area contributed by atoms with Crippen LogP contribution in [-0.4, -0.2) is 18.4 Å². The zero-order chi connectivity index (χ0) is 16.5. The fourth-order valence-corrected chi connectivity index (χ4v) is 5.67. The Morgan fingerprint density at radius 2 is 1.95 bits per heavy atom. The lowest BCUT2D eigenvalue weighted by Crippen LogP contribution is -2.31. The average Bonchev–Trinajstić information content (AvgIpc) is 2.40. The largest absolute Gasteiger partial charge is 0.344 e. The Balaban J connectivity index is 2.26. The van der Waals surface area contributed by atoms with E-state index in [0.717, 1.165) is 18.7 Å². The normalized spacial score (nSPS) is 26.2. The van der Waals surface area contributed by atoms with Gasteiger partial charge in [0.25, 0.3) is 0 Å². The summed E-state index contributed by atoms with van der Waals surface area (Å²) in [5, 5.41) is 0. The molecule has 0 aromatic heterocycles. The van der Waals surface area contributed by atoms with Crippen molar-refractivity contribution in [1.29, 1.82) is 0 Å². The monoisotopic (exact) mass is 546 g/mol. The van der Waals surface area contributed by atoms with E-state index < -0.39 is 0 Å². The summed E-state index contributed by atoms with van der Waals surface area (Å²) in [5.41, 5.74) is 2.76. The van der Waals surface area contributed by atoms with E-state index in [-0.39, 0.29) is 19.9 Å². The highest BCUT2D eigenvalue weighted by molar-refractivity contribution is 14.1. The molecule has 0 saturated carbocycles. The van der Waals surface area contributed by atoms with Gasteiger partial charge in [-0.25, -0.2) is 0 Å². The fraction of sp³-hybridized carbons (Fsp3) is 0.647. The van der Waals surface area contributed by atoms with Gasteiger partial charge in [-0.15, -0.1) is 0 Å². The number of aryl methyl sites for hydroxylation is 1. The summed E-state index contributed by atoms with van der Waals surface area (Å²) in [6, 6.07) is 4.43. The molecule has 1 saturated heterocycles. The van der Waals surface area contributed by atoms with E-state index in [2.05, 4.69) is 91.9 Å². The number of hydrogen-bond donors (Lipinski definition) is 0. The molecule has 1 aliphatic rings. The van der Waals surface area contributed by atoms with Crippen molar-refractivity contribution in [2.45, 2.75) is 53.4 Å². The van der Waals surface area contributed by atoms with E-state index in [1.54, 1.807) is 0 Å². The predicted molar refractivity (Wildman–Crippen MR) is 112 cm³/mol. The second kappa shape index (κ2) is 7.94. The van der Waals surface area contributed by atoms with Crippen LogP contribution >= 0.6 is 53.3 Å². The van der Waals surface area contributed by atoms with Gasteiger partial charge >= 0.3 is 0 Å². The van der Waals surface area contributed by atoms with Crippen molar-refractivity contribution in [3.05, 3.63) is 30.4 Å². The van der Waals surface area contributed by atoms with Crippen LogP contribution < -0.4 is 0 Å². The Hall–Kier alpha value is 1.03. The summed E-state index contributed by atoms with van der Waals surface area (Å²) < 4.78 is 15.2. The Bertz CT molecular complexity index is 528. The third kappa shape index (κ3) is 5.27. The van der Waals surface area contributed by atoms with Crippen molar-refractivity contribution in [2.75, 3.05) is 12.3 Å². The molecule has 0 N–H and O–H groups in total. The summed E-state index contributed by atoms with van der Waals surface area (Å²) in [6.07, 6.45) is 3.37. The van der Waals surface area contributed by atoms with Crippen molar-refractivity contribution < 1.29 is 9.26 Å². The highest BCUT2D eigenvalue weighted by Gasteiger charge is 2.33. The Kier molecular flexibility index (Phi) is 6.99. The van der Waals surface area contributed by atoms with Gasteiger partial charge in [0.1, 0.15) is 0 Å². The minimum Gasteiger partial charge on any atom is -0.344 e. The average molecular weight is 546 g/mol. The highest BCUT2D eigenvalue weighted by Crippen LogP contribution is 2.50. The zero-order valence-corrected chi connectivity index (χ0v) is 19.2. The third-order valence-electron chi connectivity index (χ3n) is 3.62. The molecule has 0 aliphatic carbocycles. The molecular formula is C17H25I2O2P. The molecule has 22 heavy (non-hydrogen) atoms. The Morgan fingerprint density at radius 3 is 2.55 bits per heavy atom. The maximum absolute atomic E-state index is 6.36. The quantitative estimate of drug-likeness (QED) is 0.320. The number of rotatable bonds is 3. The summed E-state index contributed by atoms with van der Waals surface area (Å²) in [5.74, 6) is 0. The highest BCUT2D eigenvalue weighted by atomic mass is 127. The lowest BCUT2D eigenvalue weighted by atomic mass is 9.89. The SMILES string of the molecule is CCP1CC(CC(C)(C)C)OC(c2cc(C)cc(I)c2I)O1. The van der Waals surface area contributed by atoms with Crippen molar-refractivity contribution in [1.82, 2.24) is 0 Å². The first-order valence-corrected chi connectivity index (χ1v) is 11.5. The molecule has 0 spiro atoms. The van der Waals surface area contributed by atoms with Gasteiger partial charge in [-0.3, -0.25) is 0 Å². The first-order valence-electron chi connectivity index (χ1n) is 7.72. The summed E-state index contributed by atoms with van der Waals surface area (Å²) in [7, 11) is -0.387. The molecule has 3 unspecified atom stereocenters. The van der Waals surface area contributed by atoms with E-state index in [9.17, 15) is 0 Å². The van der Waals surface area contributed by atoms with Gasteiger partial charge in [0.2, 0.25) is 0 Å². The molecule has 1 fully saturated rings. The summed E-state index contributed by atoms with van der Waals surface area (Å²) >= 11 is 4.82. The van der Waals surface area contributed by atoms with E-state index in [0.29, 0.717) is 6.10 Å². The molecule has 1 aromatic carbocycles. The lowest BCUT2D eigenvalue weighted by molar-refractivity contribution is -0.136. The number of halogens is 2. The molecule has 0 bridgehead atoms. The minimum absolute atomic E-state index is 0.201. The smallest absolute Gasteiger partial charge is 0.188 e. The molecule has 2 rings (SSSR count). The second-order valence-corrected chi connectivity index (χ2v) is 11.5. The van der Waals surface area contributed by atoms with Crippen LogP contribution in [0.4, 0.5) is 0 Å². The van der Waals surface area contributed by atoms with E-state index >= 15 is 0 Å². The molecule has 1 heterocycles. The number of ether oxygens (including phenoxy) is 1. The van der Waals surface area contributed by atoms with Crippen molar-refractivity contribution in [2.24, 2.45) is 5.41 Å². The second-order valence-electron chi connectivity index (χ2n) is 7.09. The number of benzene rings is 1. The van der Waals surface area contributed by atoms with Gasteiger partial charge in [-0.2, -0.15) is 0 Å². The zero-order valence-electron chi connectivity index (χ0n) is 14.0. The van der Waals surface area contributed by atoms with Gasteiger partial charge in [0.05, 0.1) is 6.10 Å². The molecule has 5 heteroatoms. The molecule has 2 nitrogen and oxygen atoms in total. The van der Waals surface area contributed by atoms with Gasteiger partial charge in [-0.05, 0) is 87.8 Å². The predicted octanol–water partition coefficient (Wildman–Crippen LogP) is 6.47. The van der Waals surface area contributed by atoms with Crippen molar-refractivity contribution in [3.63, 3.8) is 0 Å². The van der Waals surface area contributed by atoms with Gasteiger partial charge in [0.15, 0.2) is 6.29 Å². The molecule has 3 atom stereocenters. The first-order chi connectivity index (χ1) is 10.2. The van der Waals surface area contributed by atoms with Gasteiger partial charge in [-0.1, -0.05) is 27.7 Å². The maximum atomic E-state index is 6.36. The topological polar surface area (TPSA) is 18.5 Å². The van der Waals surface area contributed by atoms with Crippen LogP contribution in [0.25, 0.3) is 0 Å².